The largest absolute Gasteiger partial charge is 0.316 e. The summed E-state index contributed by atoms with van der Waals surface area (Å²) < 4.78 is 3.18. The van der Waals surface area contributed by atoms with Crippen molar-refractivity contribution in [1.29, 1.82) is 0 Å². The Labute approximate surface area is 292 Å². The molecule has 47 heavy (non-hydrogen) atoms. The first-order valence-electron chi connectivity index (χ1n) is 20.4. The zero-order valence-corrected chi connectivity index (χ0v) is 34.0. The molecular formula is C45H73NSi. The maximum Gasteiger partial charge on any atom is 0.127 e. The van der Waals surface area contributed by atoms with Crippen molar-refractivity contribution in [2.45, 2.75) is 206 Å². The van der Waals surface area contributed by atoms with Crippen LogP contribution in [0.4, 0.5) is 0 Å². The molecule has 0 heterocycles. The summed E-state index contributed by atoms with van der Waals surface area (Å²) in [7, 11) is -1.81. The molecule has 5 aliphatic rings. The van der Waals surface area contributed by atoms with Gasteiger partial charge in [0.15, 0.2) is 0 Å². The van der Waals surface area contributed by atoms with Gasteiger partial charge in [-0.2, -0.15) is 0 Å². The van der Waals surface area contributed by atoms with Gasteiger partial charge in [0.05, 0.1) is 0 Å². The van der Waals surface area contributed by atoms with E-state index in [-0.39, 0.29) is 21.8 Å². The zero-order chi connectivity index (χ0) is 34.2. The molecule has 0 amide bonds. The van der Waals surface area contributed by atoms with Crippen molar-refractivity contribution < 1.29 is 0 Å². The number of nitrogens with zero attached hydrogens (tertiary/aromatic N) is 1. The van der Waals surface area contributed by atoms with E-state index in [0.29, 0.717) is 11.8 Å². The van der Waals surface area contributed by atoms with Crippen molar-refractivity contribution in [3.8, 4) is 0 Å². The van der Waals surface area contributed by atoms with Gasteiger partial charge in [-0.1, -0.05) is 131 Å². The van der Waals surface area contributed by atoms with Crippen LogP contribution in [0.1, 0.15) is 181 Å². The van der Waals surface area contributed by atoms with Gasteiger partial charge in [-0.15, -0.1) is 0 Å². The fraction of sp³-hybridized carbons (Fsp3) is 0.778. The molecule has 1 aromatic rings. The number of fused-ring (bicyclic) bond motifs is 5. The van der Waals surface area contributed by atoms with E-state index in [1.807, 2.05) is 0 Å². The fourth-order valence-corrected chi connectivity index (χ4v) is 18.6. The molecule has 6 rings (SSSR count). The predicted molar refractivity (Wildman–Crippen MR) is 209 cm³/mol. The molecule has 5 aliphatic carbocycles. The molecule has 0 aromatic heterocycles. The Bertz CT molecular complexity index is 1370. The minimum Gasteiger partial charge on any atom is -0.316 e. The summed E-state index contributed by atoms with van der Waals surface area (Å²) >= 11 is 0. The van der Waals surface area contributed by atoms with E-state index >= 15 is 0 Å². The van der Waals surface area contributed by atoms with Crippen LogP contribution in [0.2, 0.25) is 18.6 Å². The lowest BCUT2D eigenvalue weighted by molar-refractivity contribution is 0.139. The smallest absolute Gasteiger partial charge is 0.127 e. The first-order chi connectivity index (χ1) is 22.0. The van der Waals surface area contributed by atoms with E-state index in [1.165, 1.54) is 89.9 Å². The van der Waals surface area contributed by atoms with Crippen molar-refractivity contribution in [1.82, 2.24) is 4.57 Å². The Morgan fingerprint density at radius 2 is 1.38 bits per heavy atom. The minimum atomic E-state index is -1.81. The molecule has 262 valence electrons. The Kier molecular flexibility index (Phi) is 9.55. The lowest BCUT2D eigenvalue weighted by atomic mass is 9.61. The van der Waals surface area contributed by atoms with Crippen LogP contribution in [-0.2, 0) is 16.2 Å². The Balaban J connectivity index is 1.52. The van der Waals surface area contributed by atoms with Crippen LogP contribution in [0.15, 0.2) is 29.9 Å². The van der Waals surface area contributed by atoms with Crippen LogP contribution >= 0.6 is 0 Å². The van der Waals surface area contributed by atoms with Crippen molar-refractivity contribution >= 4 is 13.8 Å². The normalized spacial score (nSPS) is 29.6. The van der Waals surface area contributed by atoms with Gasteiger partial charge in [0.1, 0.15) is 8.24 Å². The number of rotatable bonds is 9. The van der Waals surface area contributed by atoms with E-state index < -0.39 is 8.24 Å². The zero-order valence-electron chi connectivity index (χ0n) is 33.0. The number of unbranched alkanes of at least 4 members (excludes halogenated alkanes) is 2. The summed E-state index contributed by atoms with van der Waals surface area (Å²) in [5.74, 6) is 2.17. The Hall–Kier alpha value is -1.12. The molecule has 0 radical (unpaired) electrons. The standard InChI is InChI=1S/C45H73NSi/c1-13-15-22-45(23-16-14-2)37-28-34-32(26-31(3)41(34)47(11,12)46(42(4,5)6)33-20-18-17-19-21-33)27-35(37)36-29-39-40(30-38(36)45)44(9,10)25-24-43(39,7)8/h27-34,41H,13-26H2,1-12H3. The Morgan fingerprint density at radius 3 is 1.94 bits per heavy atom. The summed E-state index contributed by atoms with van der Waals surface area (Å²) in [5.41, 5.74) is 11.8. The third kappa shape index (κ3) is 5.94. The minimum absolute atomic E-state index is 0.181. The van der Waals surface area contributed by atoms with Gasteiger partial charge >= 0.3 is 0 Å². The van der Waals surface area contributed by atoms with Crippen LogP contribution in [0.3, 0.4) is 0 Å². The summed E-state index contributed by atoms with van der Waals surface area (Å²) in [6.07, 6.45) is 24.8. The summed E-state index contributed by atoms with van der Waals surface area (Å²) in [6, 6.07) is 6.33. The van der Waals surface area contributed by atoms with E-state index in [9.17, 15) is 0 Å². The van der Waals surface area contributed by atoms with Crippen LogP contribution in [-0.4, -0.2) is 24.4 Å². The quantitative estimate of drug-likeness (QED) is 0.239. The molecule has 2 heteroatoms. The maximum absolute atomic E-state index is 3.18. The first-order valence-corrected chi connectivity index (χ1v) is 23.5. The van der Waals surface area contributed by atoms with Crippen molar-refractivity contribution in [2.24, 2.45) is 17.8 Å². The van der Waals surface area contributed by atoms with Crippen molar-refractivity contribution in [3.63, 3.8) is 0 Å². The third-order valence-corrected chi connectivity index (χ3v) is 19.4. The summed E-state index contributed by atoms with van der Waals surface area (Å²) in [4.78, 5) is 0. The molecule has 0 spiro atoms. The molecule has 2 saturated carbocycles. The van der Waals surface area contributed by atoms with Crippen LogP contribution < -0.4 is 0 Å². The van der Waals surface area contributed by atoms with Crippen LogP contribution in [0.5, 0.6) is 0 Å². The SMILES string of the molecule is CCCCC1(CCCC)C2=CC3C(C=C2c2cc4c(cc21)C(C)(C)CCC4(C)C)CC(C)C3[Si](C)(C)N(C1CCCCC1)C(C)(C)C. The fourth-order valence-electron chi connectivity index (χ4n) is 12.6. The van der Waals surface area contributed by atoms with Gasteiger partial charge in [-0.3, -0.25) is 0 Å². The average Bonchev–Trinajstić information content (AvgIpc) is 3.46. The Morgan fingerprint density at radius 1 is 0.809 bits per heavy atom. The van der Waals surface area contributed by atoms with E-state index in [0.717, 1.165) is 17.5 Å². The number of hydrogen-bond donors (Lipinski definition) is 0. The first kappa shape index (κ1) is 35.7. The van der Waals surface area contributed by atoms with Gasteiger partial charge in [0.25, 0.3) is 0 Å². The highest BCUT2D eigenvalue weighted by molar-refractivity contribution is 6.76. The van der Waals surface area contributed by atoms with Crippen LogP contribution in [0, 0.1) is 17.8 Å². The second-order valence-electron chi connectivity index (χ2n) is 20.1. The summed E-state index contributed by atoms with van der Waals surface area (Å²) in [5, 5.41) is 0. The number of benzene rings is 1. The molecule has 1 nitrogen and oxygen atoms in total. The van der Waals surface area contributed by atoms with Crippen molar-refractivity contribution in [3.05, 3.63) is 52.1 Å². The van der Waals surface area contributed by atoms with Gasteiger partial charge < -0.3 is 4.57 Å². The highest BCUT2D eigenvalue weighted by Gasteiger charge is 2.57. The van der Waals surface area contributed by atoms with Gasteiger partial charge in [-0.25, -0.2) is 0 Å². The lowest BCUT2D eigenvalue weighted by Gasteiger charge is -2.56. The molecule has 0 aliphatic heterocycles. The summed E-state index contributed by atoms with van der Waals surface area (Å²) in [6.45, 7) is 30.8. The molecule has 0 N–H and O–H groups in total. The van der Waals surface area contributed by atoms with Gasteiger partial charge in [-0.05, 0) is 133 Å². The number of allylic oxidation sites excluding steroid dienone is 4. The molecular weight excluding hydrogens is 583 g/mol. The monoisotopic (exact) mass is 656 g/mol. The number of hydrogen-bond acceptors (Lipinski definition) is 1. The van der Waals surface area contributed by atoms with E-state index in [2.05, 4.69) is 111 Å². The van der Waals surface area contributed by atoms with E-state index in [1.54, 1.807) is 33.4 Å². The van der Waals surface area contributed by atoms with Gasteiger partial charge in [0.2, 0.25) is 0 Å². The molecule has 2 fully saturated rings. The van der Waals surface area contributed by atoms with Gasteiger partial charge in [0, 0.05) is 17.0 Å². The van der Waals surface area contributed by atoms with E-state index in [4.69, 9.17) is 0 Å². The highest BCUT2D eigenvalue weighted by atomic mass is 28.3. The molecule has 4 unspecified atom stereocenters. The molecule has 0 bridgehead atoms. The average molecular weight is 656 g/mol. The molecule has 1 aromatic carbocycles. The second kappa shape index (κ2) is 12.6. The lowest BCUT2D eigenvalue weighted by Crippen LogP contribution is -2.65. The molecule has 4 atom stereocenters. The van der Waals surface area contributed by atoms with Crippen molar-refractivity contribution in [2.75, 3.05) is 0 Å². The van der Waals surface area contributed by atoms with Crippen LogP contribution in [0.25, 0.3) is 5.57 Å². The maximum atomic E-state index is 3.18. The second-order valence-corrected chi connectivity index (χ2v) is 24.6. The topological polar surface area (TPSA) is 3.24 Å². The highest BCUT2D eigenvalue weighted by Crippen LogP contribution is 2.64. The molecule has 0 saturated heterocycles. The third-order valence-electron chi connectivity index (χ3n) is 14.5. The predicted octanol–water partition coefficient (Wildman–Crippen LogP) is 13.3.